The van der Waals surface area contributed by atoms with Crippen LogP contribution in [0.1, 0.15) is 121 Å². The zero-order chi connectivity index (χ0) is 67.0. The average molecular weight is 1420 g/mol. The lowest BCUT2D eigenvalue weighted by molar-refractivity contribution is -0.148. The molecule has 9 atom stereocenters. The number of hydrogen-bond acceptors (Lipinski definition) is 17. The van der Waals surface area contributed by atoms with Crippen LogP contribution in [0.3, 0.4) is 0 Å². The molecule has 508 valence electrons. The maximum Gasteiger partial charge on any atom is 0.256 e. The van der Waals surface area contributed by atoms with E-state index in [1.807, 2.05) is 47.6 Å². The van der Waals surface area contributed by atoms with Crippen LogP contribution in [0.5, 0.6) is 0 Å². The first-order valence-electron chi connectivity index (χ1n) is 31.5. The van der Waals surface area contributed by atoms with Crippen LogP contribution >= 0.6 is 31.9 Å². The summed E-state index contributed by atoms with van der Waals surface area (Å²) in [6.07, 6.45) is 1.00. The maximum atomic E-state index is 14.8. The van der Waals surface area contributed by atoms with Crippen LogP contribution in [0.15, 0.2) is 48.5 Å². The molecule has 0 unspecified atom stereocenters. The van der Waals surface area contributed by atoms with E-state index < -0.39 is 87.2 Å². The van der Waals surface area contributed by atoms with Gasteiger partial charge >= 0.3 is 0 Å². The second-order valence-corrected chi connectivity index (χ2v) is 27.1. The molecule has 2 aromatic carbocycles. The summed E-state index contributed by atoms with van der Waals surface area (Å²) in [6.45, 7) is 15.8. The number of fused-ring (bicyclic) bond motifs is 1. The number of benzene rings is 2. The Morgan fingerprint density at radius 1 is 0.714 bits per heavy atom. The second kappa shape index (κ2) is 38.2. The van der Waals surface area contributed by atoms with Crippen molar-refractivity contribution < 1.29 is 70.4 Å². The molecule has 3 aromatic rings. The number of aromatic nitrogens is 2. The fourth-order valence-electron chi connectivity index (χ4n) is 11.3. The van der Waals surface area contributed by atoms with Crippen LogP contribution in [0.4, 0.5) is 0 Å². The topological polar surface area (TPSA) is 293 Å². The van der Waals surface area contributed by atoms with Crippen molar-refractivity contribution in [2.75, 3.05) is 94.3 Å². The predicted molar refractivity (Wildman–Crippen MR) is 351 cm³/mol. The number of hydrogen-bond donors (Lipinski definition) is 4. The standard InChI is InChI=1S/C64H97Br2N9O15S/c1-12-42(6)58(53(85-10)37-55(77)75-26-16-19-52(75)59(86-11)43(7)60(78)70-49(35-44-17-14-13-15-18-44)62(80)72-91(83,84)46-21-22-46)74(9)64(82)56(40(2)3)71-63(81)57(41(4)5)73(8)54(76)24-27-87-29-31-89-33-34-90-32-30-88-28-25-67-61(79)45-20-23-47-48(36-45)69-51(39-66)50(38-65)68-47/h13-15,17-18,20,23,36,40-43,46,49,52-53,56-59H,12,16,19,21-22,24-35,37-39H2,1-11H3,(H,67,79)(H,70,78)(H,71,81)(H,72,80)/t42-,43+,49-,52-,53+,56-,57-,58-,59+/m0/s1. The van der Waals surface area contributed by atoms with Crippen molar-refractivity contribution in [3.8, 4) is 0 Å². The first-order chi connectivity index (χ1) is 43.4. The molecule has 1 aliphatic carbocycles. The van der Waals surface area contributed by atoms with E-state index in [1.165, 1.54) is 19.1 Å². The van der Waals surface area contributed by atoms with Gasteiger partial charge in [0, 0.05) is 64.0 Å². The first kappa shape index (κ1) is 76.5. The van der Waals surface area contributed by atoms with Gasteiger partial charge in [-0.25, -0.2) is 18.4 Å². The van der Waals surface area contributed by atoms with Gasteiger partial charge in [0.25, 0.3) is 11.8 Å². The number of nitrogens with zero attached hydrogens (tertiary/aromatic N) is 5. The normalized spacial score (nSPS) is 17.0. The van der Waals surface area contributed by atoms with Gasteiger partial charge < -0.3 is 59.1 Å². The Bertz CT molecular complexity index is 2970. The molecule has 1 saturated carbocycles. The van der Waals surface area contributed by atoms with Crippen LogP contribution in [0, 0.1) is 23.7 Å². The molecular weight excluding hydrogens is 1330 g/mol. The molecule has 0 spiro atoms. The lowest BCUT2D eigenvalue weighted by Crippen LogP contribution is -2.60. The number of carbonyl (C=O) groups is 7. The minimum atomic E-state index is -3.90. The molecule has 4 N–H and O–H groups in total. The van der Waals surface area contributed by atoms with Crippen molar-refractivity contribution in [1.82, 2.24) is 45.3 Å². The molecule has 2 fully saturated rings. The van der Waals surface area contributed by atoms with E-state index in [2.05, 4.69) is 62.5 Å². The minimum absolute atomic E-state index is 0.00278. The Labute approximate surface area is 554 Å². The monoisotopic (exact) mass is 1420 g/mol. The number of alkyl halides is 2. The summed E-state index contributed by atoms with van der Waals surface area (Å²) in [6, 6.07) is 9.88. The van der Waals surface area contributed by atoms with E-state index in [-0.39, 0.29) is 74.6 Å². The van der Waals surface area contributed by atoms with Crippen LogP contribution in [-0.2, 0) is 84.3 Å². The number of halogens is 2. The lowest BCUT2D eigenvalue weighted by Gasteiger charge is -2.41. The molecule has 7 amide bonds. The Balaban J connectivity index is 1.05. The molecule has 1 aliphatic heterocycles. The molecule has 0 radical (unpaired) electrons. The van der Waals surface area contributed by atoms with E-state index in [9.17, 15) is 42.0 Å². The van der Waals surface area contributed by atoms with Crippen LogP contribution < -0.4 is 20.7 Å². The highest BCUT2D eigenvalue weighted by molar-refractivity contribution is 9.09. The highest BCUT2D eigenvalue weighted by atomic mass is 79.9. The Morgan fingerprint density at radius 2 is 1.32 bits per heavy atom. The largest absolute Gasteiger partial charge is 0.379 e. The SMILES string of the molecule is CC[C@H](C)[C@@H]([C@@H](CC(=O)N1CCC[C@H]1[C@H](OC)[C@@H](C)C(=O)N[C@@H](Cc1ccccc1)C(=O)NS(=O)(=O)C1CC1)OC)N(C)C(=O)[C@@H](NC(=O)[C@H](C(C)C)N(C)C(=O)CCOCCOCCOCCOCCNC(=O)c1ccc2nc(CBr)c(CBr)nc2c1)C(C)C. The summed E-state index contributed by atoms with van der Waals surface area (Å²) >= 11 is 6.89. The van der Waals surface area contributed by atoms with Crippen LogP contribution in [0.25, 0.3) is 11.0 Å². The fraction of sp³-hybridized carbons (Fsp3) is 0.672. The second-order valence-electron chi connectivity index (χ2n) is 24.0. The quantitative estimate of drug-likeness (QED) is 0.0404. The van der Waals surface area contributed by atoms with Crippen molar-refractivity contribution in [3.63, 3.8) is 0 Å². The summed E-state index contributed by atoms with van der Waals surface area (Å²) in [4.78, 5) is 111. The summed E-state index contributed by atoms with van der Waals surface area (Å²) in [5, 5.41) is 9.11. The van der Waals surface area contributed by atoms with Crippen molar-refractivity contribution in [2.45, 2.75) is 158 Å². The predicted octanol–water partition coefficient (Wildman–Crippen LogP) is 5.49. The lowest BCUT2D eigenvalue weighted by atomic mass is 9.89. The third kappa shape index (κ3) is 22.7. The average Bonchev–Trinajstić information content (AvgIpc) is 1.90. The Morgan fingerprint density at radius 3 is 1.88 bits per heavy atom. The Kier molecular flexibility index (Phi) is 32.1. The van der Waals surface area contributed by atoms with Gasteiger partial charge in [-0.15, -0.1) is 0 Å². The van der Waals surface area contributed by atoms with Gasteiger partial charge in [0.2, 0.25) is 39.6 Å². The molecule has 27 heteroatoms. The summed E-state index contributed by atoms with van der Waals surface area (Å²) in [7, 11) is 2.26. The highest BCUT2D eigenvalue weighted by Crippen LogP contribution is 2.31. The van der Waals surface area contributed by atoms with Gasteiger partial charge in [-0.2, -0.15) is 0 Å². The first-order valence-corrected chi connectivity index (χ1v) is 35.3. The number of methoxy groups -OCH3 is 2. The molecule has 24 nitrogen and oxygen atoms in total. The summed E-state index contributed by atoms with van der Waals surface area (Å²) < 4.78 is 62.4. The van der Waals surface area contributed by atoms with E-state index in [4.69, 9.17) is 28.4 Å². The smallest absolute Gasteiger partial charge is 0.256 e. The van der Waals surface area contributed by atoms with E-state index in [0.717, 1.165) is 11.4 Å². The van der Waals surface area contributed by atoms with E-state index >= 15 is 0 Å². The Hall–Kier alpha value is -5.26. The number of likely N-dealkylation sites (N-methyl/N-ethyl adjacent to an activating group) is 2. The highest BCUT2D eigenvalue weighted by Gasteiger charge is 2.45. The van der Waals surface area contributed by atoms with Gasteiger partial charge in [-0.3, -0.25) is 38.3 Å². The molecule has 1 aromatic heterocycles. The van der Waals surface area contributed by atoms with Crippen molar-refractivity contribution >= 4 is 94.3 Å². The van der Waals surface area contributed by atoms with Gasteiger partial charge in [0.1, 0.15) is 18.1 Å². The van der Waals surface area contributed by atoms with Gasteiger partial charge in [-0.1, -0.05) is 117 Å². The molecule has 2 heterocycles. The molecule has 0 bridgehead atoms. The van der Waals surface area contributed by atoms with Gasteiger partial charge in [0.15, 0.2) is 0 Å². The zero-order valence-electron chi connectivity index (χ0n) is 54.7. The van der Waals surface area contributed by atoms with E-state index in [0.29, 0.717) is 111 Å². The number of amides is 7. The molecule has 91 heavy (non-hydrogen) atoms. The number of nitrogens with one attached hydrogen (secondary N) is 4. The number of rotatable bonds is 41. The van der Waals surface area contributed by atoms with Crippen molar-refractivity contribution in [1.29, 1.82) is 0 Å². The van der Waals surface area contributed by atoms with E-state index in [1.54, 1.807) is 73.3 Å². The maximum absolute atomic E-state index is 14.8. The molecule has 2 aliphatic rings. The number of ether oxygens (including phenoxy) is 6. The summed E-state index contributed by atoms with van der Waals surface area (Å²) in [5.74, 6) is -4.86. The van der Waals surface area contributed by atoms with Crippen LogP contribution in [0.2, 0.25) is 0 Å². The van der Waals surface area contributed by atoms with Crippen molar-refractivity contribution in [3.05, 3.63) is 71.0 Å². The number of sulfonamides is 1. The minimum Gasteiger partial charge on any atom is -0.379 e. The fourth-order valence-corrected chi connectivity index (χ4v) is 13.6. The number of carbonyl (C=O) groups excluding carboxylic acids is 7. The van der Waals surface area contributed by atoms with Crippen molar-refractivity contribution in [2.24, 2.45) is 23.7 Å². The number of likely N-dealkylation sites (tertiary alicyclic amines) is 1. The zero-order valence-corrected chi connectivity index (χ0v) is 58.7. The molecule has 5 rings (SSSR count). The third-order valence-corrected chi connectivity index (χ3v) is 19.7. The summed E-state index contributed by atoms with van der Waals surface area (Å²) in [5.41, 5.74) is 4.21. The molecular formula is C64H97Br2N9O15S. The molecule has 1 saturated heterocycles. The van der Waals surface area contributed by atoms with Crippen LogP contribution in [-0.4, -0.2) is 216 Å². The van der Waals surface area contributed by atoms with Gasteiger partial charge in [-0.05, 0) is 67.2 Å². The van der Waals surface area contributed by atoms with Gasteiger partial charge in [0.05, 0.1) is 124 Å². The third-order valence-electron chi connectivity index (χ3n) is 16.8.